The third kappa shape index (κ3) is 2.57. The normalized spacial score (nSPS) is 13.0. The summed E-state index contributed by atoms with van der Waals surface area (Å²) in [7, 11) is 1.86. The van der Waals surface area contributed by atoms with Crippen molar-refractivity contribution in [1.29, 1.82) is 0 Å². The summed E-state index contributed by atoms with van der Waals surface area (Å²) in [6.45, 7) is 5.73. The van der Waals surface area contributed by atoms with Gasteiger partial charge in [0.1, 0.15) is 11.9 Å². The van der Waals surface area contributed by atoms with Gasteiger partial charge >= 0.3 is 0 Å². The second kappa shape index (κ2) is 6.03. The predicted octanol–water partition coefficient (Wildman–Crippen LogP) is 1.71. The number of pyridine rings is 1. The molecule has 0 bridgehead atoms. The Morgan fingerprint density at radius 1 is 1.12 bits per heavy atom. The lowest BCUT2D eigenvalue weighted by Gasteiger charge is -2.12. The van der Waals surface area contributed by atoms with Gasteiger partial charge in [-0.25, -0.2) is 4.98 Å². The van der Waals surface area contributed by atoms with Crippen LogP contribution in [0.1, 0.15) is 31.6 Å². The second-order valence-electron chi connectivity index (χ2n) is 6.60. The zero-order valence-electron chi connectivity index (χ0n) is 15.1. The van der Waals surface area contributed by atoms with E-state index in [0.717, 1.165) is 11.4 Å². The van der Waals surface area contributed by atoms with Gasteiger partial charge in [0, 0.05) is 24.9 Å². The monoisotopic (exact) mass is 352 g/mol. The van der Waals surface area contributed by atoms with Gasteiger partial charge in [0.2, 0.25) is 0 Å². The van der Waals surface area contributed by atoms with Crippen LogP contribution in [0.2, 0.25) is 0 Å². The molecule has 0 amide bonds. The summed E-state index contributed by atoms with van der Waals surface area (Å²) < 4.78 is 5.30. The molecule has 9 nitrogen and oxygen atoms in total. The van der Waals surface area contributed by atoms with Gasteiger partial charge in [-0.05, 0) is 25.0 Å². The number of nitrogens with zero attached hydrogens (tertiary/aromatic N) is 8. The van der Waals surface area contributed by atoms with Gasteiger partial charge < -0.3 is 5.11 Å². The lowest BCUT2D eigenvalue weighted by Crippen LogP contribution is -2.10. The molecule has 0 spiro atoms. The topological polar surface area (TPSA) is 99.0 Å². The van der Waals surface area contributed by atoms with E-state index >= 15 is 0 Å². The summed E-state index contributed by atoms with van der Waals surface area (Å²) in [4.78, 5) is 4.57. The third-order valence-corrected chi connectivity index (χ3v) is 4.31. The van der Waals surface area contributed by atoms with Crippen LogP contribution in [0.4, 0.5) is 0 Å². The van der Waals surface area contributed by atoms with Gasteiger partial charge in [0.25, 0.3) is 0 Å². The minimum absolute atomic E-state index is 0.0337. The highest BCUT2D eigenvalue weighted by atomic mass is 16.3. The Morgan fingerprint density at radius 2 is 1.92 bits per heavy atom. The molecule has 1 N–H and O–H groups in total. The molecular weight excluding hydrogens is 332 g/mol. The molecule has 4 heterocycles. The fraction of sp³-hybridized carbons (Fsp3) is 0.353. The summed E-state index contributed by atoms with van der Waals surface area (Å²) >= 11 is 0. The molecule has 0 aromatic carbocycles. The third-order valence-electron chi connectivity index (χ3n) is 4.31. The van der Waals surface area contributed by atoms with Crippen LogP contribution >= 0.6 is 0 Å². The zero-order chi connectivity index (χ0) is 18.4. The van der Waals surface area contributed by atoms with E-state index in [2.05, 4.69) is 25.4 Å². The first-order valence-corrected chi connectivity index (χ1v) is 8.41. The van der Waals surface area contributed by atoms with Gasteiger partial charge in [-0.3, -0.25) is 9.08 Å². The number of hydrogen-bond donors (Lipinski definition) is 1. The van der Waals surface area contributed by atoms with Crippen molar-refractivity contribution in [3.63, 3.8) is 0 Å². The maximum absolute atomic E-state index is 10.4. The number of rotatable bonds is 4. The molecule has 0 aliphatic carbocycles. The Labute approximate surface area is 149 Å². The molecule has 134 valence electrons. The Kier molecular flexibility index (Phi) is 3.80. The van der Waals surface area contributed by atoms with Crippen molar-refractivity contribution in [3.8, 4) is 17.2 Å². The van der Waals surface area contributed by atoms with E-state index in [1.807, 2.05) is 52.2 Å². The van der Waals surface area contributed by atoms with Crippen molar-refractivity contribution in [2.24, 2.45) is 13.0 Å². The minimum Gasteiger partial charge on any atom is -0.385 e. The highest BCUT2D eigenvalue weighted by molar-refractivity contribution is 5.59. The molecule has 1 atom stereocenters. The van der Waals surface area contributed by atoms with E-state index < -0.39 is 6.10 Å². The van der Waals surface area contributed by atoms with Crippen LogP contribution in [0.25, 0.3) is 22.9 Å². The van der Waals surface area contributed by atoms with Crippen LogP contribution < -0.4 is 0 Å². The number of aromatic nitrogens is 8. The minimum atomic E-state index is -0.697. The summed E-state index contributed by atoms with van der Waals surface area (Å²) in [6, 6.07) is 5.66. The molecule has 4 aromatic heterocycles. The number of hydrogen-bond acceptors (Lipinski definition) is 6. The Balaban J connectivity index is 1.88. The van der Waals surface area contributed by atoms with E-state index in [0.29, 0.717) is 23.1 Å². The molecule has 0 aliphatic rings. The van der Waals surface area contributed by atoms with Crippen LogP contribution in [-0.2, 0) is 7.05 Å². The summed E-state index contributed by atoms with van der Waals surface area (Å²) in [5.41, 5.74) is 1.52. The van der Waals surface area contributed by atoms with E-state index in [-0.39, 0.29) is 5.92 Å². The number of aryl methyl sites for hydroxylation is 2. The van der Waals surface area contributed by atoms with Crippen molar-refractivity contribution in [2.75, 3.05) is 0 Å². The highest BCUT2D eigenvalue weighted by Gasteiger charge is 2.20. The van der Waals surface area contributed by atoms with E-state index in [9.17, 15) is 5.11 Å². The molecule has 0 saturated carbocycles. The standard InChI is InChI=1S/C17H20N8O/c1-10(2)15(26)17-21-20-13-6-5-12(9-24(13)17)16-19-11(3)22-25(16)14-7-8-18-23(14)4/h5-10,15,26H,1-4H3. The Bertz CT molecular complexity index is 1070. The van der Waals surface area contributed by atoms with Gasteiger partial charge in [-0.15, -0.1) is 15.3 Å². The summed E-state index contributed by atoms with van der Waals surface area (Å²) in [6.07, 6.45) is 2.90. The zero-order valence-corrected chi connectivity index (χ0v) is 15.1. The van der Waals surface area contributed by atoms with Crippen LogP contribution in [0.3, 0.4) is 0 Å². The Morgan fingerprint density at radius 3 is 2.62 bits per heavy atom. The quantitative estimate of drug-likeness (QED) is 0.600. The molecule has 26 heavy (non-hydrogen) atoms. The molecule has 1 unspecified atom stereocenters. The second-order valence-corrected chi connectivity index (χ2v) is 6.60. The molecule has 0 fully saturated rings. The fourth-order valence-electron chi connectivity index (χ4n) is 2.88. The van der Waals surface area contributed by atoms with Crippen LogP contribution in [0, 0.1) is 12.8 Å². The van der Waals surface area contributed by atoms with Gasteiger partial charge in [0.05, 0.1) is 6.20 Å². The molecule has 0 saturated heterocycles. The Hall–Kier alpha value is -3.07. The first kappa shape index (κ1) is 16.4. The summed E-state index contributed by atoms with van der Waals surface area (Å²) in [5.74, 6) is 2.71. The maximum Gasteiger partial charge on any atom is 0.166 e. The van der Waals surface area contributed by atoms with Crippen LogP contribution in [-0.4, -0.2) is 44.2 Å². The van der Waals surface area contributed by atoms with Crippen LogP contribution in [0.15, 0.2) is 30.6 Å². The molecule has 0 aliphatic heterocycles. The number of aliphatic hydroxyl groups excluding tert-OH is 1. The van der Waals surface area contributed by atoms with E-state index in [1.165, 1.54) is 0 Å². The van der Waals surface area contributed by atoms with Crippen molar-refractivity contribution in [3.05, 3.63) is 42.2 Å². The SMILES string of the molecule is Cc1nc(-c2ccc3nnc(C(O)C(C)C)n3c2)n(-c2ccnn2C)n1. The lowest BCUT2D eigenvalue weighted by molar-refractivity contribution is 0.116. The van der Waals surface area contributed by atoms with Crippen molar-refractivity contribution in [2.45, 2.75) is 26.9 Å². The average Bonchev–Trinajstić information content (AvgIpc) is 3.31. The van der Waals surface area contributed by atoms with Crippen molar-refractivity contribution in [1.82, 2.24) is 39.1 Å². The highest BCUT2D eigenvalue weighted by Crippen LogP contribution is 2.25. The van der Waals surface area contributed by atoms with E-state index in [1.54, 1.807) is 20.0 Å². The fourth-order valence-corrected chi connectivity index (χ4v) is 2.88. The lowest BCUT2D eigenvalue weighted by atomic mass is 10.1. The van der Waals surface area contributed by atoms with Gasteiger partial charge in [-0.1, -0.05) is 13.8 Å². The smallest absolute Gasteiger partial charge is 0.166 e. The molecule has 9 heteroatoms. The summed E-state index contributed by atoms with van der Waals surface area (Å²) in [5, 5.41) is 27.4. The maximum atomic E-state index is 10.4. The molecule has 4 rings (SSSR count). The van der Waals surface area contributed by atoms with Crippen molar-refractivity contribution < 1.29 is 5.11 Å². The van der Waals surface area contributed by atoms with Gasteiger partial charge in [-0.2, -0.15) is 9.78 Å². The molecule has 4 aromatic rings. The largest absolute Gasteiger partial charge is 0.385 e. The number of fused-ring (bicyclic) bond motifs is 1. The first-order valence-electron chi connectivity index (χ1n) is 8.41. The average molecular weight is 352 g/mol. The van der Waals surface area contributed by atoms with E-state index in [4.69, 9.17) is 0 Å². The van der Waals surface area contributed by atoms with Crippen LogP contribution in [0.5, 0.6) is 0 Å². The first-order chi connectivity index (χ1) is 12.5. The number of aliphatic hydroxyl groups is 1. The molecule has 0 radical (unpaired) electrons. The van der Waals surface area contributed by atoms with Crippen molar-refractivity contribution >= 4 is 5.65 Å². The molecular formula is C17H20N8O. The van der Waals surface area contributed by atoms with Gasteiger partial charge in [0.15, 0.2) is 23.1 Å². The predicted molar refractivity (Wildman–Crippen MR) is 94.6 cm³/mol.